The lowest BCUT2D eigenvalue weighted by Crippen LogP contribution is -2.21. The first-order chi connectivity index (χ1) is 10.3. The quantitative estimate of drug-likeness (QED) is 0.634. The highest BCUT2D eigenvalue weighted by molar-refractivity contribution is 6.30. The Balaban J connectivity index is 2.31. The number of hydrogen-bond acceptors (Lipinski definition) is 3. The predicted molar refractivity (Wildman–Crippen MR) is 86.6 cm³/mol. The summed E-state index contributed by atoms with van der Waals surface area (Å²) in [5, 5.41) is 14.1. The molecule has 0 unspecified atom stereocenters. The summed E-state index contributed by atoms with van der Waals surface area (Å²) < 4.78 is 1.67. The Morgan fingerprint density at radius 2 is 1.95 bits per heavy atom. The maximum Gasteiger partial charge on any atom is 0.178 e. The minimum absolute atomic E-state index is 0.128. The van der Waals surface area contributed by atoms with Crippen LogP contribution in [0.1, 0.15) is 26.3 Å². The number of rotatable bonds is 3. The molecule has 2 rings (SSSR count). The van der Waals surface area contributed by atoms with Gasteiger partial charge in [-0.2, -0.15) is 10.4 Å². The molecule has 22 heavy (non-hydrogen) atoms. The molecule has 1 aromatic heterocycles. The first-order valence-corrected chi connectivity index (χ1v) is 7.16. The average Bonchev–Trinajstić information content (AvgIpc) is 2.92. The average molecular weight is 314 g/mol. The van der Waals surface area contributed by atoms with Crippen LogP contribution < -0.4 is 0 Å². The van der Waals surface area contributed by atoms with Gasteiger partial charge in [-0.25, -0.2) is 4.68 Å². The molecule has 0 aliphatic heterocycles. The van der Waals surface area contributed by atoms with Gasteiger partial charge in [-0.3, -0.25) is 4.79 Å². The molecule has 0 spiro atoms. The van der Waals surface area contributed by atoms with Crippen LogP contribution in [-0.2, 0) is 4.79 Å². The maximum atomic E-state index is 12.2. The highest BCUT2D eigenvalue weighted by Gasteiger charge is 2.25. The lowest BCUT2D eigenvalue weighted by atomic mass is 9.86. The van der Waals surface area contributed by atoms with Crippen LogP contribution in [-0.4, -0.2) is 15.6 Å². The summed E-state index contributed by atoms with van der Waals surface area (Å²) in [6.07, 6.45) is 4.94. The molecular formula is C17H16ClN3O. The third-order valence-corrected chi connectivity index (χ3v) is 3.30. The molecule has 5 heteroatoms. The molecule has 0 bridgehead atoms. The van der Waals surface area contributed by atoms with Crippen molar-refractivity contribution < 1.29 is 4.79 Å². The monoisotopic (exact) mass is 313 g/mol. The third-order valence-electron chi connectivity index (χ3n) is 3.05. The summed E-state index contributed by atoms with van der Waals surface area (Å²) in [4.78, 5) is 12.2. The molecule has 1 aromatic carbocycles. The number of nitrogens with zero attached hydrogens (tertiary/aromatic N) is 3. The second kappa shape index (κ2) is 6.17. The van der Waals surface area contributed by atoms with Gasteiger partial charge in [0.2, 0.25) is 0 Å². The zero-order chi connectivity index (χ0) is 16.3. The fraction of sp³-hybridized carbons (Fsp3) is 0.235. The van der Waals surface area contributed by atoms with Crippen LogP contribution in [0.3, 0.4) is 0 Å². The Morgan fingerprint density at radius 3 is 2.50 bits per heavy atom. The smallest absolute Gasteiger partial charge is 0.178 e. The predicted octanol–water partition coefficient (Wildman–Crippen LogP) is 4.05. The highest BCUT2D eigenvalue weighted by atomic mass is 35.5. The summed E-state index contributed by atoms with van der Waals surface area (Å²) in [6, 6.07) is 9.21. The fourth-order valence-corrected chi connectivity index (χ4v) is 1.99. The van der Waals surface area contributed by atoms with E-state index in [9.17, 15) is 10.1 Å². The number of allylic oxidation sites excluding steroid dienone is 1. The Labute approximate surface area is 134 Å². The fourth-order valence-electron chi connectivity index (χ4n) is 1.87. The van der Waals surface area contributed by atoms with Gasteiger partial charge in [0.25, 0.3) is 0 Å². The van der Waals surface area contributed by atoms with Gasteiger partial charge in [-0.1, -0.05) is 32.4 Å². The standard InChI is InChI=1S/C17H16ClN3O/c1-17(2,3)16(22)13(9-19)8-12-10-20-21(11-12)15-6-4-14(18)5-7-15/h4-8,10-11H,1-3H3. The Hall–Kier alpha value is -2.38. The highest BCUT2D eigenvalue weighted by Crippen LogP contribution is 2.21. The first-order valence-electron chi connectivity index (χ1n) is 6.78. The van der Waals surface area contributed by atoms with Crippen molar-refractivity contribution in [2.75, 3.05) is 0 Å². The zero-order valence-electron chi connectivity index (χ0n) is 12.7. The van der Waals surface area contributed by atoms with Crippen LogP contribution in [0.2, 0.25) is 5.02 Å². The van der Waals surface area contributed by atoms with Gasteiger partial charge < -0.3 is 0 Å². The van der Waals surface area contributed by atoms with Gasteiger partial charge >= 0.3 is 0 Å². The molecule has 0 fully saturated rings. The Morgan fingerprint density at radius 1 is 1.32 bits per heavy atom. The van der Waals surface area contributed by atoms with Crippen LogP contribution in [0.4, 0.5) is 0 Å². The molecule has 0 amide bonds. The van der Waals surface area contributed by atoms with E-state index in [1.807, 2.05) is 18.2 Å². The summed E-state index contributed by atoms with van der Waals surface area (Å²) in [7, 11) is 0. The van der Waals surface area contributed by atoms with E-state index < -0.39 is 5.41 Å². The number of halogens is 1. The van der Waals surface area contributed by atoms with E-state index in [4.69, 9.17) is 11.6 Å². The zero-order valence-corrected chi connectivity index (χ0v) is 13.4. The van der Waals surface area contributed by atoms with Crippen molar-refractivity contribution in [3.05, 3.63) is 52.8 Å². The topological polar surface area (TPSA) is 58.7 Å². The molecule has 0 aliphatic rings. The Bertz CT molecular complexity index is 758. The molecule has 1 heterocycles. The molecule has 0 N–H and O–H groups in total. The van der Waals surface area contributed by atoms with E-state index in [1.165, 1.54) is 0 Å². The molecule has 2 aromatic rings. The molecule has 0 saturated heterocycles. The van der Waals surface area contributed by atoms with Crippen LogP contribution in [0.5, 0.6) is 0 Å². The van der Waals surface area contributed by atoms with Crippen LogP contribution >= 0.6 is 11.6 Å². The van der Waals surface area contributed by atoms with E-state index in [0.29, 0.717) is 10.6 Å². The van der Waals surface area contributed by atoms with Gasteiger partial charge in [0.15, 0.2) is 5.78 Å². The van der Waals surface area contributed by atoms with Crippen molar-refractivity contribution in [3.63, 3.8) is 0 Å². The van der Waals surface area contributed by atoms with E-state index in [-0.39, 0.29) is 11.4 Å². The maximum absolute atomic E-state index is 12.2. The molecule has 112 valence electrons. The minimum atomic E-state index is -0.590. The van der Waals surface area contributed by atoms with Crippen molar-refractivity contribution in [1.82, 2.24) is 9.78 Å². The van der Waals surface area contributed by atoms with E-state index in [1.54, 1.807) is 56.1 Å². The van der Waals surface area contributed by atoms with Gasteiger partial charge in [-0.05, 0) is 30.3 Å². The number of carbonyl (C=O) groups is 1. The number of nitriles is 1. The summed E-state index contributed by atoms with van der Waals surface area (Å²) in [6.45, 7) is 5.37. The van der Waals surface area contributed by atoms with Crippen molar-refractivity contribution in [2.24, 2.45) is 5.41 Å². The number of hydrogen-bond donors (Lipinski definition) is 0. The second-order valence-corrected chi connectivity index (χ2v) is 6.38. The van der Waals surface area contributed by atoms with Gasteiger partial charge in [0.1, 0.15) is 6.07 Å². The molecule has 0 radical (unpaired) electrons. The normalized spacial score (nSPS) is 12.0. The van der Waals surface area contributed by atoms with E-state index >= 15 is 0 Å². The minimum Gasteiger partial charge on any atom is -0.293 e. The summed E-state index contributed by atoms with van der Waals surface area (Å²) in [5.74, 6) is -0.186. The molecular weight excluding hydrogens is 298 g/mol. The number of Topliss-reactive ketones (excluding diaryl/α,β-unsaturated/α-hetero) is 1. The van der Waals surface area contributed by atoms with E-state index in [2.05, 4.69) is 5.10 Å². The van der Waals surface area contributed by atoms with Crippen LogP contribution in [0.15, 0.2) is 42.2 Å². The lowest BCUT2D eigenvalue weighted by molar-refractivity contribution is -0.121. The van der Waals surface area contributed by atoms with Gasteiger partial charge in [0, 0.05) is 22.2 Å². The molecule has 4 nitrogen and oxygen atoms in total. The number of benzene rings is 1. The van der Waals surface area contributed by atoms with Crippen molar-refractivity contribution >= 4 is 23.5 Å². The lowest BCUT2D eigenvalue weighted by Gasteiger charge is -2.15. The van der Waals surface area contributed by atoms with Crippen molar-refractivity contribution in [2.45, 2.75) is 20.8 Å². The number of aromatic nitrogens is 2. The number of ketones is 1. The Kier molecular flexibility index (Phi) is 4.48. The van der Waals surface area contributed by atoms with E-state index in [0.717, 1.165) is 5.69 Å². The molecule has 0 aliphatic carbocycles. The summed E-state index contributed by atoms with van der Waals surface area (Å²) in [5.41, 5.74) is 1.09. The van der Waals surface area contributed by atoms with Crippen LogP contribution in [0.25, 0.3) is 11.8 Å². The summed E-state index contributed by atoms with van der Waals surface area (Å²) >= 11 is 5.86. The van der Waals surface area contributed by atoms with Crippen molar-refractivity contribution in [3.8, 4) is 11.8 Å². The van der Waals surface area contributed by atoms with Gasteiger partial charge in [0.05, 0.1) is 17.5 Å². The van der Waals surface area contributed by atoms with Gasteiger partial charge in [-0.15, -0.1) is 0 Å². The largest absolute Gasteiger partial charge is 0.293 e. The third kappa shape index (κ3) is 3.63. The molecule has 0 atom stereocenters. The second-order valence-electron chi connectivity index (χ2n) is 5.94. The van der Waals surface area contributed by atoms with Crippen molar-refractivity contribution in [1.29, 1.82) is 5.26 Å². The first kappa shape index (κ1) is 16.0. The van der Waals surface area contributed by atoms with Crippen LogP contribution in [0, 0.1) is 16.7 Å². The SMILES string of the molecule is CC(C)(C)C(=O)C(C#N)=Cc1cnn(-c2ccc(Cl)cc2)c1. The molecule has 0 saturated carbocycles. The number of carbonyl (C=O) groups excluding carboxylic acids is 1.